The number of benzene rings is 1. The number of aromatic nitrogens is 1. The van der Waals surface area contributed by atoms with Gasteiger partial charge in [-0.2, -0.15) is 0 Å². The Hall–Kier alpha value is -2.33. The first-order chi connectivity index (χ1) is 10.1. The lowest BCUT2D eigenvalue weighted by atomic mass is 9.83. The fourth-order valence-electron chi connectivity index (χ4n) is 2.36. The lowest BCUT2D eigenvalue weighted by Crippen LogP contribution is -2.34. The minimum Gasteiger partial charge on any atom is -0.329 e. The maximum Gasteiger partial charge on any atom is 0.158 e. The third-order valence-electron chi connectivity index (χ3n) is 3.47. The van der Waals surface area contributed by atoms with Crippen molar-refractivity contribution in [3.8, 4) is 0 Å². The van der Waals surface area contributed by atoms with Gasteiger partial charge in [0.2, 0.25) is 0 Å². The highest BCUT2D eigenvalue weighted by atomic mass is 16.1. The maximum atomic E-state index is 12.8. The van der Waals surface area contributed by atoms with Gasteiger partial charge in [0.1, 0.15) is 5.78 Å². The van der Waals surface area contributed by atoms with E-state index in [-0.39, 0.29) is 18.1 Å². The summed E-state index contributed by atoms with van der Waals surface area (Å²) in [6.45, 7) is 1.42. The molecule has 0 radical (unpaired) electrons. The zero-order valence-electron chi connectivity index (χ0n) is 11.9. The highest BCUT2D eigenvalue weighted by Gasteiger charge is 2.32. The van der Waals surface area contributed by atoms with E-state index >= 15 is 0 Å². The fraction of sp³-hybridized carbons (Fsp3) is 0.235. The summed E-state index contributed by atoms with van der Waals surface area (Å²) in [5, 5.41) is 0. The molecule has 108 valence electrons. The average molecular weight is 282 g/mol. The van der Waals surface area contributed by atoms with Gasteiger partial charge in [-0.25, -0.2) is 0 Å². The molecule has 1 aromatic carbocycles. The van der Waals surface area contributed by atoms with E-state index in [0.717, 1.165) is 5.56 Å². The second-order valence-electron chi connectivity index (χ2n) is 4.90. The molecule has 0 spiro atoms. The lowest BCUT2D eigenvalue weighted by molar-refractivity contribution is -0.131. The second kappa shape index (κ2) is 6.90. The quantitative estimate of drug-likeness (QED) is 0.822. The van der Waals surface area contributed by atoms with Crippen LogP contribution in [0.15, 0.2) is 54.7 Å². The van der Waals surface area contributed by atoms with Crippen molar-refractivity contribution in [3.05, 3.63) is 66.0 Å². The zero-order chi connectivity index (χ0) is 15.2. The van der Waals surface area contributed by atoms with Crippen LogP contribution in [0.25, 0.3) is 0 Å². The molecular weight excluding hydrogens is 264 g/mol. The Bertz CT molecular complexity index is 572. The van der Waals surface area contributed by atoms with E-state index in [0.29, 0.717) is 5.69 Å². The fourth-order valence-corrected chi connectivity index (χ4v) is 2.36. The number of hydrogen-bond acceptors (Lipinski definition) is 4. The van der Waals surface area contributed by atoms with Crippen LogP contribution in [0.1, 0.15) is 24.1 Å². The van der Waals surface area contributed by atoms with Gasteiger partial charge >= 0.3 is 0 Å². The Labute approximate surface area is 124 Å². The number of carbonyl (C=O) groups excluding carboxylic acids is 2. The van der Waals surface area contributed by atoms with E-state index in [9.17, 15) is 9.59 Å². The maximum absolute atomic E-state index is 12.8. The van der Waals surface area contributed by atoms with Gasteiger partial charge in [0.15, 0.2) is 5.78 Å². The van der Waals surface area contributed by atoms with Crippen molar-refractivity contribution in [3.63, 3.8) is 0 Å². The van der Waals surface area contributed by atoms with Crippen LogP contribution in [0.5, 0.6) is 0 Å². The summed E-state index contributed by atoms with van der Waals surface area (Å²) in [5.41, 5.74) is 7.06. The van der Waals surface area contributed by atoms with Gasteiger partial charge in [0.05, 0.1) is 17.5 Å². The van der Waals surface area contributed by atoms with E-state index in [4.69, 9.17) is 5.73 Å². The van der Waals surface area contributed by atoms with E-state index in [1.807, 2.05) is 36.4 Å². The van der Waals surface area contributed by atoms with E-state index in [1.165, 1.54) is 6.92 Å². The number of rotatable bonds is 6. The first kappa shape index (κ1) is 15.1. The SMILES string of the molecule is CC(=O)C(CN)C(=O)C(c1ccccc1)c1ccccn1. The number of ketones is 2. The van der Waals surface area contributed by atoms with Crippen molar-refractivity contribution < 1.29 is 9.59 Å². The molecule has 2 atom stereocenters. The van der Waals surface area contributed by atoms with Crippen LogP contribution < -0.4 is 5.73 Å². The summed E-state index contributed by atoms with van der Waals surface area (Å²) in [5.74, 6) is -1.77. The minimum absolute atomic E-state index is 0.0182. The number of nitrogens with zero attached hydrogens (tertiary/aromatic N) is 1. The predicted molar refractivity (Wildman–Crippen MR) is 80.8 cm³/mol. The van der Waals surface area contributed by atoms with Crippen LogP contribution in [0.2, 0.25) is 0 Å². The van der Waals surface area contributed by atoms with Crippen molar-refractivity contribution >= 4 is 11.6 Å². The highest BCUT2D eigenvalue weighted by Crippen LogP contribution is 2.27. The van der Waals surface area contributed by atoms with Crippen LogP contribution in [-0.4, -0.2) is 23.1 Å². The molecule has 2 aromatic rings. The summed E-state index contributed by atoms with van der Waals surface area (Å²) in [4.78, 5) is 28.7. The first-order valence-corrected chi connectivity index (χ1v) is 6.85. The standard InChI is InChI=1S/C17H18N2O2/c1-12(20)14(11-18)17(21)16(13-7-3-2-4-8-13)15-9-5-6-10-19-15/h2-10,14,16H,11,18H2,1H3. The summed E-state index contributed by atoms with van der Waals surface area (Å²) in [6, 6.07) is 14.8. The highest BCUT2D eigenvalue weighted by molar-refractivity contribution is 6.05. The van der Waals surface area contributed by atoms with Gasteiger partial charge in [-0.3, -0.25) is 14.6 Å². The molecule has 0 aliphatic rings. The molecule has 2 unspecified atom stereocenters. The molecular formula is C17H18N2O2. The number of hydrogen-bond donors (Lipinski definition) is 1. The van der Waals surface area contributed by atoms with E-state index in [2.05, 4.69) is 4.98 Å². The molecule has 2 rings (SSSR count). The zero-order valence-corrected chi connectivity index (χ0v) is 11.9. The molecule has 0 amide bonds. The molecule has 0 saturated carbocycles. The smallest absolute Gasteiger partial charge is 0.158 e. The molecule has 1 aromatic heterocycles. The third kappa shape index (κ3) is 3.41. The van der Waals surface area contributed by atoms with E-state index < -0.39 is 11.8 Å². The first-order valence-electron chi connectivity index (χ1n) is 6.85. The molecule has 1 heterocycles. The van der Waals surface area contributed by atoms with E-state index in [1.54, 1.807) is 18.3 Å². The normalized spacial score (nSPS) is 13.4. The van der Waals surface area contributed by atoms with Crippen molar-refractivity contribution in [2.45, 2.75) is 12.8 Å². The van der Waals surface area contributed by atoms with Crippen LogP contribution in [-0.2, 0) is 9.59 Å². The number of nitrogens with two attached hydrogens (primary N) is 1. The molecule has 0 bridgehead atoms. The lowest BCUT2D eigenvalue weighted by Gasteiger charge is -2.20. The predicted octanol–water partition coefficient (Wildman–Crippen LogP) is 1.95. The van der Waals surface area contributed by atoms with Gasteiger partial charge < -0.3 is 5.73 Å². The van der Waals surface area contributed by atoms with Crippen LogP contribution in [0.4, 0.5) is 0 Å². The average Bonchev–Trinajstić information content (AvgIpc) is 2.50. The van der Waals surface area contributed by atoms with Gasteiger partial charge in [-0.15, -0.1) is 0 Å². The second-order valence-corrected chi connectivity index (χ2v) is 4.90. The molecule has 21 heavy (non-hydrogen) atoms. The summed E-state index contributed by atoms with van der Waals surface area (Å²) in [6.07, 6.45) is 1.64. The Morgan fingerprint density at radius 1 is 1.10 bits per heavy atom. The van der Waals surface area contributed by atoms with Gasteiger partial charge in [0.25, 0.3) is 0 Å². The number of pyridine rings is 1. The molecule has 0 fully saturated rings. The summed E-state index contributed by atoms with van der Waals surface area (Å²) >= 11 is 0. The molecule has 4 heteroatoms. The van der Waals surface area contributed by atoms with Crippen LogP contribution >= 0.6 is 0 Å². The van der Waals surface area contributed by atoms with Gasteiger partial charge in [0, 0.05) is 12.7 Å². The van der Waals surface area contributed by atoms with Crippen LogP contribution in [0, 0.1) is 5.92 Å². The Kier molecular flexibility index (Phi) is 4.95. The molecule has 0 aliphatic carbocycles. The third-order valence-corrected chi connectivity index (χ3v) is 3.47. The molecule has 4 nitrogen and oxygen atoms in total. The number of carbonyl (C=O) groups is 2. The Morgan fingerprint density at radius 3 is 2.29 bits per heavy atom. The number of Topliss-reactive ketones (excluding diaryl/α,β-unsaturated/α-hetero) is 2. The molecule has 0 saturated heterocycles. The molecule has 2 N–H and O–H groups in total. The Morgan fingerprint density at radius 2 is 1.76 bits per heavy atom. The van der Waals surface area contributed by atoms with Crippen LogP contribution in [0.3, 0.4) is 0 Å². The van der Waals surface area contributed by atoms with Gasteiger partial charge in [-0.1, -0.05) is 36.4 Å². The van der Waals surface area contributed by atoms with Crippen molar-refractivity contribution in [2.75, 3.05) is 6.54 Å². The van der Waals surface area contributed by atoms with Crippen molar-refractivity contribution in [2.24, 2.45) is 11.7 Å². The minimum atomic E-state index is -0.794. The van der Waals surface area contributed by atoms with Crippen molar-refractivity contribution in [1.29, 1.82) is 0 Å². The van der Waals surface area contributed by atoms with Gasteiger partial charge in [-0.05, 0) is 24.6 Å². The monoisotopic (exact) mass is 282 g/mol. The summed E-state index contributed by atoms with van der Waals surface area (Å²) in [7, 11) is 0. The Balaban J connectivity index is 2.47. The topological polar surface area (TPSA) is 73.1 Å². The summed E-state index contributed by atoms with van der Waals surface area (Å²) < 4.78 is 0. The molecule has 0 aliphatic heterocycles. The van der Waals surface area contributed by atoms with Crippen molar-refractivity contribution in [1.82, 2.24) is 4.98 Å². The largest absolute Gasteiger partial charge is 0.329 e.